The lowest BCUT2D eigenvalue weighted by atomic mass is 10.1. The van der Waals surface area contributed by atoms with E-state index in [1.807, 2.05) is 6.07 Å². The summed E-state index contributed by atoms with van der Waals surface area (Å²) in [5.41, 5.74) is 1.96. The minimum Gasteiger partial charge on any atom is -0.366 e. The van der Waals surface area contributed by atoms with Gasteiger partial charge in [0.05, 0.1) is 5.56 Å². The quantitative estimate of drug-likeness (QED) is 0.889. The van der Waals surface area contributed by atoms with Crippen LogP contribution in [0.4, 0.5) is 5.82 Å². The molecule has 1 aromatic heterocycles. The zero-order valence-corrected chi connectivity index (χ0v) is 9.88. The molecule has 1 aliphatic rings. The van der Waals surface area contributed by atoms with Crippen LogP contribution in [0.15, 0.2) is 48.7 Å². The van der Waals surface area contributed by atoms with Crippen molar-refractivity contribution >= 4 is 5.82 Å². The Kier molecular flexibility index (Phi) is 2.70. The number of nitrogens with one attached hydrogen (secondary N) is 1. The van der Waals surface area contributed by atoms with Gasteiger partial charge in [-0.25, -0.2) is 4.98 Å². The normalized spacial score (nSPS) is 21.1. The highest BCUT2D eigenvalue weighted by Gasteiger charge is 2.38. The second-order valence-electron chi connectivity index (χ2n) is 4.52. The molecule has 3 heteroatoms. The zero-order valence-electron chi connectivity index (χ0n) is 9.88. The Morgan fingerprint density at radius 2 is 2.00 bits per heavy atom. The fourth-order valence-electron chi connectivity index (χ4n) is 2.21. The van der Waals surface area contributed by atoms with Crippen LogP contribution in [-0.4, -0.2) is 11.0 Å². The molecule has 2 aromatic rings. The molecular weight excluding hydrogens is 222 g/mol. The molecule has 2 unspecified atom stereocenters. The topological polar surface area (TPSA) is 48.7 Å². The molecule has 0 saturated heterocycles. The minimum atomic E-state index is 0.398. The second-order valence-corrected chi connectivity index (χ2v) is 4.52. The molecule has 88 valence electrons. The van der Waals surface area contributed by atoms with Gasteiger partial charge in [-0.1, -0.05) is 30.3 Å². The van der Waals surface area contributed by atoms with Gasteiger partial charge in [0.25, 0.3) is 0 Å². The number of aromatic nitrogens is 1. The summed E-state index contributed by atoms with van der Waals surface area (Å²) in [6.45, 7) is 0. The first-order valence-electron chi connectivity index (χ1n) is 6.05. The smallest absolute Gasteiger partial charge is 0.144 e. The molecule has 1 heterocycles. The van der Waals surface area contributed by atoms with Crippen LogP contribution in [-0.2, 0) is 0 Å². The van der Waals surface area contributed by atoms with Gasteiger partial charge in [-0.3, -0.25) is 0 Å². The largest absolute Gasteiger partial charge is 0.366 e. The molecule has 0 amide bonds. The molecule has 1 aliphatic carbocycles. The van der Waals surface area contributed by atoms with Crippen molar-refractivity contribution in [1.82, 2.24) is 4.98 Å². The molecular formula is C15H13N3. The summed E-state index contributed by atoms with van der Waals surface area (Å²) in [6.07, 6.45) is 2.81. The predicted octanol–water partition coefficient (Wildman–Crippen LogP) is 2.92. The lowest BCUT2D eigenvalue weighted by Crippen LogP contribution is -2.07. The molecule has 3 rings (SSSR count). The Balaban J connectivity index is 1.72. The van der Waals surface area contributed by atoms with Crippen LogP contribution in [0.5, 0.6) is 0 Å². The summed E-state index contributed by atoms with van der Waals surface area (Å²) in [6, 6.07) is 16.6. The standard InChI is InChI=1S/C15H13N3/c16-10-12-7-4-8-17-15(12)18-14-9-13(14)11-5-2-1-3-6-11/h1-8,13-14H,9H2,(H,17,18). The number of pyridine rings is 1. The van der Waals surface area contributed by atoms with Gasteiger partial charge in [-0.2, -0.15) is 5.26 Å². The van der Waals surface area contributed by atoms with E-state index in [0.717, 1.165) is 6.42 Å². The number of nitrogens with zero attached hydrogens (tertiary/aromatic N) is 2. The summed E-state index contributed by atoms with van der Waals surface area (Å²) in [5, 5.41) is 12.4. The van der Waals surface area contributed by atoms with Gasteiger partial charge in [-0.15, -0.1) is 0 Å². The van der Waals surface area contributed by atoms with Crippen LogP contribution in [0.2, 0.25) is 0 Å². The van der Waals surface area contributed by atoms with Crippen LogP contribution in [0.1, 0.15) is 23.5 Å². The third kappa shape index (κ3) is 2.05. The SMILES string of the molecule is N#Cc1cccnc1NC1CC1c1ccccc1. The van der Waals surface area contributed by atoms with Crippen LogP contribution in [0.3, 0.4) is 0 Å². The fourth-order valence-corrected chi connectivity index (χ4v) is 2.21. The van der Waals surface area contributed by atoms with E-state index < -0.39 is 0 Å². The third-order valence-electron chi connectivity index (χ3n) is 3.27. The van der Waals surface area contributed by atoms with E-state index in [4.69, 9.17) is 5.26 Å². The van der Waals surface area contributed by atoms with Crippen molar-refractivity contribution < 1.29 is 0 Å². The maximum atomic E-state index is 9.00. The Bertz CT molecular complexity index is 586. The minimum absolute atomic E-state index is 0.398. The lowest BCUT2D eigenvalue weighted by molar-refractivity contribution is 1.03. The molecule has 0 spiro atoms. The number of benzene rings is 1. The number of anilines is 1. The monoisotopic (exact) mass is 235 g/mol. The summed E-state index contributed by atoms with van der Waals surface area (Å²) >= 11 is 0. The van der Waals surface area contributed by atoms with Crippen molar-refractivity contribution in [3.63, 3.8) is 0 Å². The first-order valence-corrected chi connectivity index (χ1v) is 6.05. The van der Waals surface area contributed by atoms with Crippen LogP contribution < -0.4 is 5.32 Å². The van der Waals surface area contributed by atoms with E-state index in [2.05, 4.69) is 40.6 Å². The van der Waals surface area contributed by atoms with Gasteiger partial charge in [0.1, 0.15) is 11.9 Å². The number of rotatable bonds is 3. The highest BCUT2D eigenvalue weighted by Crippen LogP contribution is 2.42. The van der Waals surface area contributed by atoms with Crippen molar-refractivity contribution in [2.45, 2.75) is 18.4 Å². The average Bonchev–Trinajstić information content (AvgIpc) is 3.20. The van der Waals surface area contributed by atoms with E-state index in [0.29, 0.717) is 23.3 Å². The Labute approximate surface area is 106 Å². The van der Waals surface area contributed by atoms with Crippen LogP contribution in [0.25, 0.3) is 0 Å². The van der Waals surface area contributed by atoms with Crippen LogP contribution >= 0.6 is 0 Å². The number of hydrogen-bond donors (Lipinski definition) is 1. The van der Waals surface area contributed by atoms with Crippen molar-refractivity contribution in [1.29, 1.82) is 5.26 Å². The van der Waals surface area contributed by atoms with E-state index in [-0.39, 0.29) is 0 Å². The van der Waals surface area contributed by atoms with Crippen molar-refractivity contribution in [2.75, 3.05) is 5.32 Å². The number of nitriles is 1. The van der Waals surface area contributed by atoms with Gasteiger partial charge in [0.15, 0.2) is 0 Å². The molecule has 18 heavy (non-hydrogen) atoms. The van der Waals surface area contributed by atoms with E-state index in [9.17, 15) is 0 Å². The van der Waals surface area contributed by atoms with E-state index in [1.165, 1.54) is 5.56 Å². The third-order valence-corrected chi connectivity index (χ3v) is 3.27. The molecule has 2 atom stereocenters. The summed E-state index contributed by atoms with van der Waals surface area (Å²) in [4.78, 5) is 4.22. The van der Waals surface area contributed by atoms with E-state index >= 15 is 0 Å². The Morgan fingerprint density at radius 1 is 1.17 bits per heavy atom. The molecule has 0 aliphatic heterocycles. The van der Waals surface area contributed by atoms with Gasteiger partial charge in [0, 0.05) is 18.2 Å². The Morgan fingerprint density at radius 3 is 2.78 bits per heavy atom. The van der Waals surface area contributed by atoms with Gasteiger partial charge in [0.2, 0.25) is 0 Å². The van der Waals surface area contributed by atoms with E-state index in [1.54, 1.807) is 18.3 Å². The molecule has 1 saturated carbocycles. The average molecular weight is 235 g/mol. The molecule has 0 bridgehead atoms. The predicted molar refractivity (Wildman–Crippen MR) is 70.2 cm³/mol. The highest BCUT2D eigenvalue weighted by atomic mass is 15.0. The van der Waals surface area contributed by atoms with Crippen molar-refractivity contribution in [3.05, 3.63) is 59.8 Å². The second kappa shape index (κ2) is 4.50. The zero-order chi connectivity index (χ0) is 12.4. The highest BCUT2D eigenvalue weighted by molar-refractivity contribution is 5.53. The summed E-state index contributed by atoms with van der Waals surface area (Å²) < 4.78 is 0. The molecule has 1 N–H and O–H groups in total. The van der Waals surface area contributed by atoms with Crippen LogP contribution in [0, 0.1) is 11.3 Å². The summed E-state index contributed by atoms with van der Waals surface area (Å²) in [7, 11) is 0. The lowest BCUT2D eigenvalue weighted by Gasteiger charge is -2.06. The maximum Gasteiger partial charge on any atom is 0.144 e. The first-order chi connectivity index (χ1) is 8.88. The summed E-state index contributed by atoms with van der Waals surface area (Å²) in [5.74, 6) is 1.24. The van der Waals surface area contributed by atoms with Gasteiger partial charge >= 0.3 is 0 Å². The molecule has 1 aromatic carbocycles. The molecule has 3 nitrogen and oxygen atoms in total. The van der Waals surface area contributed by atoms with Gasteiger partial charge in [-0.05, 0) is 24.1 Å². The fraction of sp³-hybridized carbons (Fsp3) is 0.200. The molecule has 0 radical (unpaired) electrons. The number of hydrogen-bond acceptors (Lipinski definition) is 3. The Hall–Kier alpha value is -2.34. The van der Waals surface area contributed by atoms with Crippen molar-refractivity contribution in [3.8, 4) is 6.07 Å². The molecule has 1 fully saturated rings. The first kappa shape index (κ1) is 10.8. The van der Waals surface area contributed by atoms with Gasteiger partial charge < -0.3 is 5.32 Å². The van der Waals surface area contributed by atoms with Crippen molar-refractivity contribution in [2.24, 2.45) is 0 Å². The maximum absolute atomic E-state index is 9.00.